The van der Waals surface area contributed by atoms with Gasteiger partial charge in [-0.15, -0.1) is 0 Å². The van der Waals surface area contributed by atoms with Crippen molar-refractivity contribution < 1.29 is 13.2 Å². The van der Waals surface area contributed by atoms with Crippen LogP contribution >= 0.6 is 0 Å². The van der Waals surface area contributed by atoms with Crippen molar-refractivity contribution in [3.8, 4) is 0 Å². The van der Waals surface area contributed by atoms with Gasteiger partial charge in [-0.25, -0.2) is 13.1 Å². The number of hydrogen-bond acceptors (Lipinski definition) is 4. The summed E-state index contributed by atoms with van der Waals surface area (Å²) in [6.07, 6.45) is 12.9. The molecule has 1 atom stereocenters. The number of carbonyl (C=O) groups is 1. The van der Waals surface area contributed by atoms with Gasteiger partial charge in [0.1, 0.15) is 0 Å². The second kappa shape index (κ2) is 8.57. The van der Waals surface area contributed by atoms with Gasteiger partial charge in [-0.05, 0) is 44.7 Å². The van der Waals surface area contributed by atoms with Crippen LogP contribution in [-0.4, -0.2) is 69.6 Å². The highest BCUT2D eigenvalue weighted by molar-refractivity contribution is 7.88. The zero-order valence-corrected chi connectivity index (χ0v) is 17.0. The van der Waals surface area contributed by atoms with Gasteiger partial charge in [-0.3, -0.25) is 4.79 Å². The molecule has 0 aromatic rings. The van der Waals surface area contributed by atoms with Crippen molar-refractivity contribution in [3.05, 3.63) is 0 Å². The summed E-state index contributed by atoms with van der Waals surface area (Å²) in [4.78, 5) is 16.8. The molecule has 0 radical (unpaired) electrons. The molecule has 6 nitrogen and oxygen atoms in total. The number of carbonyl (C=O) groups excluding carboxylic acids is 1. The number of nitrogens with zero attached hydrogens (tertiary/aromatic N) is 2. The van der Waals surface area contributed by atoms with E-state index in [1.165, 1.54) is 64.5 Å². The van der Waals surface area contributed by atoms with Crippen LogP contribution in [0.1, 0.15) is 57.8 Å². The lowest BCUT2D eigenvalue weighted by molar-refractivity contribution is -0.129. The van der Waals surface area contributed by atoms with Crippen LogP contribution in [0.25, 0.3) is 0 Å². The summed E-state index contributed by atoms with van der Waals surface area (Å²) in [5, 5.41) is 0. The normalized spacial score (nSPS) is 28.7. The number of piperidine rings is 1. The highest BCUT2D eigenvalue weighted by atomic mass is 32.2. The Bertz CT molecular complexity index is 589. The van der Waals surface area contributed by atoms with Gasteiger partial charge in [0.2, 0.25) is 15.9 Å². The number of sulfonamides is 1. The third kappa shape index (κ3) is 5.67. The predicted octanol–water partition coefficient (Wildman–Crippen LogP) is 1.82. The van der Waals surface area contributed by atoms with Crippen molar-refractivity contribution in [2.75, 3.05) is 45.5 Å². The predicted molar refractivity (Wildman–Crippen MR) is 103 cm³/mol. The molecule has 0 aromatic carbocycles. The summed E-state index contributed by atoms with van der Waals surface area (Å²) >= 11 is 0. The first-order chi connectivity index (χ1) is 12.4. The molecule has 26 heavy (non-hydrogen) atoms. The Labute approximate surface area is 158 Å². The topological polar surface area (TPSA) is 69.7 Å². The molecule has 1 N–H and O–H groups in total. The average Bonchev–Trinajstić information content (AvgIpc) is 3.01. The second-order valence-electron chi connectivity index (χ2n) is 8.83. The quantitative estimate of drug-likeness (QED) is 0.757. The molecule has 1 spiro atoms. The van der Waals surface area contributed by atoms with Gasteiger partial charge in [-0.2, -0.15) is 0 Å². The fourth-order valence-corrected chi connectivity index (χ4v) is 5.51. The number of hydrogen-bond donors (Lipinski definition) is 1. The van der Waals surface area contributed by atoms with E-state index in [2.05, 4.69) is 9.62 Å². The van der Waals surface area contributed by atoms with E-state index in [9.17, 15) is 13.2 Å². The van der Waals surface area contributed by atoms with E-state index in [-0.39, 0.29) is 17.9 Å². The van der Waals surface area contributed by atoms with Gasteiger partial charge >= 0.3 is 0 Å². The summed E-state index contributed by atoms with van der Waals surface area (Å²) in [5.41, 5.74) is 0.228. The monoisotopic (exact) mass is 385 g/mol. The molecule has 1 aliphatic carbocycles. The maximum absolute atomic E-state index is 12.3. The summed E-state index contributed by atoms with van der Waals surface area (Å²) in [7, 11) is -3.31. The summed E-state index contributed by atoms with van der Waals surface area (Å²) in [5.74, 6) is 0.831. The van der Waals surface area contributed by atoms with Gasteiger partial charge in [0, 0.05) is 25.0 Å². The molecule has 1 unspecified atom stereocenters. The number of rotatable bonds is 6. The molecule has 3 aliphatic rings. The maximum Gasteiger partial charge on any atom is 0.237 e. The molecular weight excluding hydrogens is 350 g/mol. The molecule has 2 heterocycles. The van der Waals surface area contributed by atoms with Gasteiger partial charge in [0.15, 0.2) is 0 Å². The third-order valence-electron chi connectivity index (χ3n) is 6.60. The molecule has 3 rings (SSSR count). The second-order valence-corrected chi connectivity index (χ2v) is 10.7. The summed E-state index contributed by atoms with van der Waals surface area (Å²) in [6.45, 7) is 4.94. The number of nitrogens with one attached hydrogen (secondary N) is 1. The Hall–Kier alpha value is -0.660. The Kier molecular flexibility index (Phi) is 6.62. The van der Waals surface area contributed by atoms with Crippen molar-refractivity contribution in [3.63, 3.8) is 0 Å². The van der Waals surface area contributed by atoms with Gasteiger partial charge in [0.05, 0.1) is 12.8 Å². The van der Waals surface area contributed by atoms with Gasteiger partial charge in [0.25, 0.3) is 0 Å². The van der Waals surface area contributed by atoms with Crippen LogP contribution in [-0.2, 0) is 14.8 Å². The average molecular weight is 386 g/mol. The molecular formula is C19H35N3O3S. The van der Waals surface area contributed by atoms with Gasteiger partial charge in [-0.1, -0.05) is 32.1 Å². The van der Waals surface area contributed by atoms with Crippen molar-refractivity contribution in [1.29, 1.82) is 0 Å². The number of amides is 1. The lowest BCUT2D eigenvalue weighted by Crippen LogP contribution is -2.46. The van der Waals surface area contributed by atoms with Crippen LogP contribution in [0.2, 0.25) is 0 Å². The lowest BCUT2D eigenvalue weighted by atomic mass is 9.79. The van der Waals surface area contributed by atoms with Crippen LogP contribution in [0.4, 0.5) is 0 Å². The Balaban J connectivity index is 1.46. The van der Waals surface area contributed by atoms with E-state index in [1.54, 1.807) is 0 Å². The molecule has 3 fully saturated rings. The van der Waals surface area contributed by atoms with Crippen LogP contribution < -0.4 is 4.72 Å². The third-order valence-corrected chi connectivity index (χ3v) is 7.26. The highest BCUT2D eigenvalue weighted by Gasteiger charge is 2.42. The Morgan fingerprint density at radius 1 is 1.08 bits per heavy atom. The summed E-state index contributed by atoms with van der Waals surface area (Å²) < 4.78 is 24.7. The molecule has 0 aromatic heterocycles. The standard InChI is InChI=1S/C19H35N3O3S/c1-26(24,25)20-14-18(23)22-13-10-19(16-22)9-5-11-21(15-19)12-8-17-6-3-2-4-7-17/h17,20H,2-16H2,1H3. The van der Waals surface area contributed by atoms with Crippen molar-refractivity contribution >= 4 is 15.9 Å². The molecule has 0 bridgehead atoms. The maximum atomic E-state index is 12.3. The zero-order chi connectivity index (χ0) is 18.6. The molecule has 1 amide bonds. The minimum atomic E-state index is -3.31. The van der Waals surface area contributed by atoms with Crippen molar-refractivity contribution in [2.24, 2.45) is 11.3 Å². The lowest BCUT2D eigenvalue weighted by Gasteiger charge is -2.41. The van der Waals surface area contributed by atoms with E-state index < -0.39 is 10.0 Å². The summed E-state index contributed by atoms with van der Waals surface area (Å²) in [6, 6.07) is 0. The highest BCUT2D eigenvalue weighted by Crippen LogP contribution is 2.39. The fraction of sp³-hybridized carbons (Fsp3) is 0.947. The zero-order valence-electron chi connectivity index (χ0n) is 16.2. The molecule has 150 valence electrons. The Morgan fingerprint density at radius 3 is 2.58 bits per heavy atom. The minimum absolute atomic E-state index is 0.0911. The van der Waals surface area contributed by atoms with Gasteiger partial charge < -0.3 is 9.80 Å². The first-order valence-electron chi connectivity index (χ1n) is 10.3. The molecule has 1 saturated carbocycles. The first-order valence-corrected chi connectivity index (χ1v) is 12.2. The van der Waals surface area contributed by atoms with Crippen LogP contribution in [0.5, 0.6) is 0 Å². The van der Waals surface area contributed by atoms with Crippen LogP contribution in [0, 0.1) is 11.3 Å². The minimum Gasteiger partial charge on any atom is -0.341 e. The van der Waals surface area contributed by atoms with Crippen LogP contribution in [0.3, 0.4) is 0 Å². The van der Waals surface area contributed by atoms with Crippen molar-refractivity contribution in [1.82, 2.24) is 14.5 Å². The SMILES string of the molecule is CS(=O)(=O)NCC(=O)N1CCC2(CCCN(CCC3CCCCC3)C2)C1. The van der Waals surface area contributed by atoms with E-state index in [4.69, 9.17) is 0 Å². The molecule has 7 heteroatoms. The first kappa shape index (κ1) is 20.1. The fourth-order valence-electron chi connectivity index (χ4n) is 5.13. The van der Waals surface area contributed by atoms with E-state index in [1.807, 2.05) is 4.90 Å². The van der Waals surface area contributed by atoms with E-state index in [0.29, 0.717) is 0 Å². The van der Waals surface area contributed by atoms with Crippen molar-refractivity contribution in [2.45, 2.75) is 57.8 Å². The van der Waals surface area contributed by atoms with E-state index in [0.717, 1.165) is 38.2 Å². The van der Waals surface area contributed by atoms with E-state index >= 15 is 0 Å². The largest absolute Gasteiger partial charge is 0.341 e. The molecule has 2 saturated heterocycles. The smallest absolute Gasteiger partial charge is 0.237 e. The Morgan fingerprint density at radius 2 is 1.85 bits per heavy atom. The van der Waals surface area contributed by atoms with Crippen LogP contribution in [0.15, 0.2) is 0 Å². The number of likely N-dealkylation sites (tertiary alicyclic amines) is 2. The molecule has 2 aliphatic heterocycles.